The Balaban J connectivity index is 1.46. The summed E-state index contributed by atoms with van der Waals surface area (Å²) < 4.78 is 0. The van der Waals surface area contributed by atoms with Gasteiger partial charge in [0.15, 0.2) is 0 Å². The van der Waals surface area contributed by atoms with Gasteiger partial charge < -0.3 is 14.9 Å². The Bertz CT molecular complexity index is 1530. The van der Waals surface area contributed by atoms with Gasteiger partial charge in [0.25, 0.3) is 5.91 Å². The Kier molecular flexibility index (Phi) is 4.69. The number of carbonyl (C=O) groups excluding carboxylic acids is 1. The molecule has 0 fully saturated rings. The van der Waals surface area contributed by atoms with Gasteiger partial charge in [0.2, 0.25) is 0 Å². The van der Waals surface area contributed by atoms with E-state index in [4.69, 9.17) is 0 Å². The molecule has 4 aromatic carbocycles. The lowest BCUT2D eigenvalue weighted by Gasteiger charge is -2.25. The molecule has 0 radical (unpaired) electrons. The Morgan fingerprint density at radius 2 is 1.18 bits per heavy atom. The first-order valence-corrected chi connectivity index (χ1v) is 11.1. The van der Waals surface area contributed by atoms with E-state index >= 15 is 0 Å². The summed E-state index contributed by atoms with van der Waals surface area (Å²) in [6.45, 7) is 1.05. The van der Waals surface area contributed by atoms with Gasteiger partial charge >= 0.3 is 0 Å². The van der Waals surface area contributed by atoms with Crippen molar-refractivity contribution in [2.75, 3.05) is 0 Å². The van der Waals surface area contributed by atoms with E-state index in [2.05, 4.69) is 58.5 Å². The van der Waals surface area contributed by atoms with Crippen molar-refractivity contribution in [2.24, 2.45) is 0 Å². The molecule has 4 nitrogen and oxygen atoms in total. The van der Waals surface area contributed by atoms with Gasteiger partial charge in [-0.2, -0.15) is 0 Å². The predicted octanol–water partition coefficient (Wildman–Crippen LogP) is 6.65. The molecule has 2 N–H and O–H groups in total. The number of benzene rings is 4. The second-order valence-electron chi connectivity index (χ2n) is 8.40. The first-order valence-electron chi connectivity index (χ1n) is 11.1. The van der Waals surface area contributed by atoms with Crippen molar-refractivity contribution < 1.29 is 4.79 Å². The van der Waals surface area contributed by atoms with E-state index in [0.29, 0.717) is 13.1 Å². The molecule has 1 amide bonds. The van der Waals surface area contributed by atoms with Crippen LogP contribution in [0.1, 0.15) is 21.5 Å². The quantitative estimate of drug-likeness (QED) is 0.317. The minimum absolute atomic E-state index is 0.0341. The van der Waals surface area contributed by atoms with Crippen molar-refractivity contribution in [2.45, 2.75) is 13.1 Å². The predicted molar refractivity (Wildman–Crippen MR) is 134 cm³/mol. The maximum absolute atomic E-state index is 14.0. The molecule has 160 valence electrons. The molecular formula is C29H23N3O. The monoisotopic (exact) mass is 429 g/mol. The van der Waals surface area contributed by atoms with E-state index in [9.17, 15) is 4.79 Å². The van der Waals surface area contributed by atoms with Crippen LogP contribution in [0.25, 0.3) is 32.6 Å². The lowest BCUT2D eigenvalue weighted by Crippen LogP contribution is -2.30. The van der Waals surface area contributed by atoms with Crippen molar-refractivity contribution in [3.05, 3.63) is 120 Å². The minimum atomic E-state index is 0.0341. The fourth-order valence-electron chi connectivity index (χ4n) is 4.77. The number of hydrogen-bond acceptors (Lipinski definition) is 1. The van der Waals surface area contributed by atoms with E-state index < -0.39 is 0 Å². The molecule has 6 rings (SSSR count). The summed E-state index contributed by atoms with van der Waals surface area (Å²) in [6.07, 6.45) is 3.90. The van der Waals surface area contributed by atoms with Gasteiger partial charge in [0.1, 0.15) is 0 Å². The van der Waals surface area contributed by atoms with E-state index in [0.717, 1.165) is 49.3 Å². The van der Waals surface area contributed by atoms with Crippen molar-refractivity contribution in [1.29, 1.82) is 0 Å². The third-order valence-corrected chi connectivity index (χ3v) is 6.40. The van der Waals surface area contributed by atoms with E-state index in [-0.39, 0.29) is 5.91 Å². The van der Waals surface area contributed by atoms with E-state index in [1.54, 1.807) is 0 Å². The van der Waals surface area contributed by atoms with Crippen molar-refractivity contribution in [3.8, 4) is 0 Å². The number of H-pyrrole nitrogens is 2. The third-order valence-electron chi connectivity index (χ3n) is 6.40. The summed E-state index contributed by atoms with van der Waals surface area (Å²) >= 11 is 0. The molecular weight excluding hydrogens is 406 g/mol. The van der Waals surface area contributed by atoms with Crippen LogP contribution in [-0.2, 0) is 13.1 Å². The highest BCUT2D eigenvalue weighted by molar-refractivity contribution is 6.07. The average Bonchev–Trinajstić information content (AvgIpc) is 3.53. The molecule has 0 aliphatic heterocycles. The SMILES string of the molecule is O=C(c1cccc2ccccc12)N(Cc1cccc2[nH]ccc12)Cc1cccc2[nH]ccc12. The molecule has 0 spiro atoms. The molecule has 2 aromatic heterocycles. The zero-order valence-corrected chi connectivity index (χ0v) is 18.1. The summed E-state index contributed by atoms with van der Waals surface area (Å²) in [5.74, 6) is 0.0341. The average molecular weight is 430 g/mol. The molecule has 0 aliphatic carbocycles. The highest BCUT2D eigenvalue weighted by atomic mass is 16.2. The molecule has 33 heavy (non-hydrogen) atoms. The number of aromatic nitrogens is 2. The molecule has 0 aliphatic rings. The Morgan fingerprint density at radius 1 is 0.606 bits per heavy atom. The summed E-state index contributed by atoms with van der Waals surface area (Å²) in [5.41, 5.74) is 5.15. The maximum atomic E-state index is 14.0. The minimum Gasteiger partial charge on any atom is -0.361 e. The summed E-state index contributed by atoms with van der Waals surface area (Å²) in [6, 6.07) is 30.6. The molecule has 0 atom stereocenters. The number of carbonyl (C=O) groups is 1. The van der Waals surface area contributed by atoms with E-state index in [1.807, 2.05) is 59.8 Å². The van der Waals surface area contributed by atoms with Crippen LogP contribution in [0.3, 0.4) is 0 Å². The van der Waals surface area contributed by atoms with Crippen LogP contribution < -0.4 is 0 Å². The van der Waals surface area contributed by atoms with Crippen molar-refractivity contribution in [3.63, 3.8) is 0 Å². The largest absolute Gasteiger partial charge is 0.361 e. The number of amides is 1. The summed E-state index contributed by atoms with van der Waals surface area (Å²) in [4.78, 5) is 22.6. The smallest absolute Gasteiger partial charge is 0.255 e. The van der Waals surface area contributed by atoms with Crippen LogP contribution in [0.2, 0.25) is 0 Å². The summed E-state index contributed by atoms with van der Waals surface area (Å²) in [7, 11) is 0. The highest BCUT2D eigenvalue weighted by Crippen LogP contribution is 2.26. The standard InChI is InChI=1S/C29H23N3O/c33-29(26-11-3-7-20-6-1-2-10-23(20)26)32(18-21-8-4-12-27-24(21)14-16-30-27)19-22-9-5-13-28-25(22)15-17-31-28/h1-17,30-31H,18-19H2. The number of aromatic amines is 2. The second-order valence-corrected chi connectivity index (χ2v) is 8.40. The van der Waals surface area contributed by atoms with Crippen LogP contribution >= 0.6 is 0 Å². The van der Waals surface area contributed by atoms with Gasteiger partial charge in [-0.3, -0.25) is 4.79 Å². The fourth-order valence-corrected chi connectivity index (χ4v) is 4.77. The normalized spacial score (nSPS) is 11.4. The zero-order valence-electron chi connectivity index (χ0n) is 18.1. The Hall–Kier alpha value is -4.31. The number of nitrogens with zero attached hydrogens (tertiary/aromatic N) is 1. The van der Waals surface area contributed by atoms with Crippen LogP contribution in [0.5, 0.6) is 0 Å². The first kappa shape index (κ1) is 19.4. The lowest BCUT2D eigenvalue weighted by molar-refractivity contribution is 0.0733. The van der Waals surface area contributed by atoms with Crippen molar-refractivity contribution in [1.82, 2.24) is 14.9 Å². The van der Waals surface area contributed by atoms with Crippen LogP contribution in [0, 0.1) is 0 Å². The van der Waals surface area contributed by atoms with Gasteiger partial charge in [-0.05, 0) is 52.2 Å². The van der Waals surface area contributed by atoms with Crippen LogP contribution in [0.15, 0.2) is 103 Å². The lowest BCUT2D eigenvalue weighted by atomic mass is 10.0. The number of fused-ring (bicyclic) bond motifs is 3. The van der Waals surface area contributed by atoms with Crippen LogP contribution in [0.4, 0.5) is 0 Å². The molecule has 0 bridgehead atoms. The topological polar surface area (TPSA) is 51.9 Å². The third kappa shape index (κ3) is 3.46. The van der Waals surface area contributed by atoms with Gasteiger partial charge in [0, 0.05) is 52.9 Å². The number of nitrogens with one attached hydrogen (secondary N) is 2. The molecule has 6 aromatic rings. The Labute approximate surface area is 191 Å². The molecule has 0 saturated heterocycles. The van der Waals surface area contributed by atoms with Gasteiger partial charge in [-0.1, -0.05) is 60.7 Å². The first-order chi connectivity index (χ1) is 16.3. The summed E-state index contributed by atoms with van der Waals surface area (Å²) in [5, 5.41) is 4.35. The molecule has 0 saturated carbocycles. The molecule has 4 heteroatoms. The van der Waals surface area contributed by atoms with Crippen LogP contribution in [-0.4, -0.2) is 20.8 Å². The number of rotatable bonds is 5. The van der Waals surface area contributed by atoms with Gasteiger partial charge in [0.05, 0.1) is 0 Å². The van der Waals surface area contributed by atoms with Gasteiger partial charge in [-0.25, -0.2) is 0 Å². The second kappa shape index (κ2) is 7.99. The zero-order chi connectivity index (χ0) is 22.2. The van der Waals surface area contributed by atoms with Crippen molar-refractivity contribution >= 4 is 38.5 Å². The fraction of sp³-hybridized carbons (Fsp3) is 0.0690. The van der Waals surface area contributed by atoms with E-state index in [1.165, 1.54) is 0 Å². The number of hydrogen-bond donors (Lipinski definition) is 2. The molecule has 2 heterocycles. The Morgan fingerprint density at radius 3 is 1.85 bits per heavy atom. The highest BCUT2D eigenvalue weighted by Gasteiger charge is 2.20. The maximum Gasteiger partial charge on any atom is 0.255 e. The van der Waals surface area contributed by atoms with Gasteiger partial charge in [-0.15, -0.1) is 0 Å². The molecule has 0 unspecified atom stereocenters.